The van der Waals surface area contributed by atoms with Crippen LogP contribution in [0.15, 0.2) is 66.7 Å². The van der Waals surface area contributed by atoms with Crippen LogP contribution in [0.1, 0.15) is 11.3 Å². The van der Waals surface area contributed by atoms with E-state index in [2.05, 4.69) is 9.88 Å². The van der Waals surface area contributed by atoms with Crippen molar-refractivity contribution in [1.82, 2.24) is 9.97 Å². The first-order valence-electron chi connectivity index (χ1n) is 10.6. The van der Waals surface area contributed by atoms with E-state index in [1.54, 1.807) is 27.5 Å². The molecule has 1 aliphatic heterocycles. The summed E-state index contributed by atoms with van der Waals surface area (Å²) in [4.78, 5) is 11.3. The second-order valence-electron chi connectivity index (χ2n) is 7.51. The molecule has 0 atom stereocenters. The van der Waals surface area contributed by atoms with Gasteiger partial charge >= 0.3 is 0 Å². The molecule has 0 unspecified atom stereocenters. The van der Waals surface area contributed by atoms with Crippen LogP contribution in [0.25, 0.3) is 11.4 Å². The summed E-state index contributed by atoms with van der Waals surface area (Å²) in [7, 11) is 4.81. The Labute approximate surface area is 193 Å². The first-order valence-corrected chi connectivity index (χ1v) is 10.6. The molecule has 0 radical (unpaired) electrons. The van der Waals surface area contributed by atoms with Crippen LogP contribution in [-0.4, -0.2) is 37.8 Å². The van der Waals surface area contributed by atoms with Crippen LogP contribution in [0.2, 0.25) is 0 Å². The Morgan fingerprint density at radius 2 is 1.67 bits per heavy atom. The molecule has 7 nitrogen and oxygen atoms in total. The van der Waals surface area contributed by atoms with E-state index in [0.717, 1.165) is 34.1 Å². The minimum atomic E-state index is 0.564. The second kappa shape index (κ2) is 9.65. The summed E-state index contributed by atoms with van der Waals surface area (Å²) in [6, 6.07) is 11.6. The Morgan fingerprint density at radius 1 is 0.909 bits per heavy atom. The van der Waals surface area contributed by atoms with E-state index < -0.39 is 0 Å². The number of aryl methyl sites for hydroxylation is 2. The number of pyridine rings is 2. The predicted octanol–water partition coefficient (Wildman–Crippen LogP) is 5.08. The molecule has 0 N–H and O–H groups in total. The molecule has 3 heterocycles. The smallest absolute Gasteiger partial charge is 0.203 e. The third kappa shape index (κ3) is 4.62. The number of methoxy groups -OCH3 is 3. The number of hydrogen-bond acceptors (Lipinski definition) is 7. The number of rotatable bonds is 7. The highest BCUT2D eigenvalue weighted by molar-refractivity contribution is 5.66. The lowest BCUT2D eigenvalue weighted by Gasteiger charge is -2.25. The average molecular weight is 446 g/mol. The quantitative estimate of drug-likeness (QED) is 0.502. The van der Waals surface area contributed by atoms with Crippen LogP contribution >= 0.6 is 0 Å². The molecule has 7 heteroatoms. The lowest BCUT2D eigenvalue weighted by molar-refractivity contribution is 0.324. The van der Waals surface area contributed by atoms with Crippen LogP contribution in [0, 0.1) is 13.8 Å². The van der Waals surface area contributed by atoms with E-state index >= 15 is 0 Å². The van der Waals surface area contributed by atoms with Gasteiger partial charge in [-0.25, -0.2) is 4.98 Å². The number of aromatic nitrogens is 2. The van der Waals surface area contributed by atoms with E-state index in [9.17, 15) is 0 Å². The summed E-state index contributed by atoms with van der Waals surface area (Å²) in [6.07, 6.45) is 7.65. The van der Waals surface area contributed by atoms with E-state index in [1.165, 1.54) is 0 Å². The largest absolute Gasteiger partial charge is 0.493 e. The molecule has 0 saturated carbocycles. The molecule has 0 saturated heterocycles. The maximum Gasteiger partial charge on any atom is 0.203 e. The highest BCUT2D eigenvalue weighted by atomic mass is 16.5. The Kier molecular flexibility index (Phi) is 6.49. The fourth-order valence-electron chi connectivity index (χ4n) is 3.55. The Bertz CT molecular complexity index is 1180. The van der Waals surface area contributed by atoms with Gasteiger partial charge < -0.3 is 23.8 Å². The fourth-order valence-corrected chi connectivity index (χ4v) is 3.55. The normalized spacial score (nSPS) is 12.9. The van der Waals surface area contributed by atoms with Gasteiger partial charge in [0.15, 0.2) is 17.2 Å². The molecule has 33 heavy (non-hydrogen) atoms. The number of benzene rings is 1. The monoisotopic (exact) mass is 445 g/mol. The molecular weight excluding hydrogens is 418 g/mol. The van der Waals surface area contributed by atoms with Gasteiger partial charge in [-0.15, -0.1) is 0 Å². The lowest BCUT2D eigenvalue weighted by Crippen LogP contribution is -2.20. The number of nitrogens with zero attached hydrogens (tertiary/aromatic N) is 3. The third-order valence-electron chi connectivity index (χ3n) is 5.46. The Balaban J connectivity index is 1.58. The zero-order valence-electron chi connectivity index (χ0n) is 19.5. The van der Waals surface area contributed by atoms with Crippen LogP contribution < -0.4 is 23.8 Å². The summed E-state index contributed by atoms with van der Waals surface area (Å²) in [5.74, 6) is 3.18. The van der Waals surface area contributed by atoms with Gasteiger partial charge in [-0.05, 0) is 49.8 Å². The second-order valence-corrected chi connectivity index (χ2v) is 7.51. The van der Waals surface area contributed by atoms with Gasteiger partial charge in [-0.1, -0.05) is 6.07 Å². The third-order valence-corrected chi connectivity index (χ3v) is 5.46. The molecule has 0 spiro atoms. The van der Waals surface area contributed by atoms with Gasteiger partial charge in [-0.3, -0.25) is 4.98 Å². The molecule has 3 aromatic rings. The standard InChI is InChI=1S/C26H27N3O4/c1-17-14-22(25(28-18(17)2)21-8-6-7-11-27-21)33-20-9-12-29(13-10-20)19-15-23(30-3)26(32-5)24(16-19)31-4/h6-12,14-16H,13H2,1-5H3. The van der Waals surface area contributed by atoms with Gasteiger partial charge in [0.05, 0.1) is 27.0 Å². The van der Waals surface area contributed by atoms with E-state index in [4.69, 9.17) is 23.9 Å². The Morgan fingerprint density at radius 3 is 2.24 bits per heavy atom. The van der Waals surface area contributed by atoms with Gasteiger partial charge in [0.2, 0.25) is 5.75 Å². The predicted molar refractivity (Wildman–Crippen MR) is 128 cm³/mol. The van der Waals surface area contributed by atoms with Gasteiger partial charge in [-0.2, -0.15) is 0 Å². The van der Waals surface area contributed by atoms with Crippen molar-refractivity contribution in [1.29, 1.82) is 0 Å². The fraction of sp³-hybridized carbons (Fsp3) is 0.231. The SMILES string of the molecule is COc1cc(N2C=CC(Oc3cc(C)c(C)nc3-c3ccccn3)=CC2)cc(OC)c1OC. The van der Waals surface area contributed by atoms with Crippen LogP contribution in [-0.2, 0) is 0 Å². The van der Waals surface area contributed by atoms with Crippen LogP contribution in [0.4, 0.5) is 5.69 Å². The first-order chi connectivity index (χ1) is 16.0. The molecule has 170 valence electrons. The molecule has 0 fully saturated rings. The first kappa shape index (κ1) is 22.2. The van der Waals surface area contributed by atoms with Crippen molar-refractivity contribution in [2.24, 2.45) is 0 Å². The van der Waals surface area contributed by atoms with Gasteiger partial charge in [0, 0.05) is 42.5 Å². The summed E-state index contributed by atoms with van der Waals surface area (Å²) >= 11 is 0. The van der Waals surface area contributed by atoms with E-state index in [0.29, 0.717) is 29.5 Å². The molecule has 0 bridgehead atoms. The molecular formula is C26H27N3O4. The summed E-state index contributed by atoms with van der Waals surface area (Å²) in [5.41, 5.74) is 4.42. The summed E-state index contributed by atoms with van der Waals surface area (Å²) in [6.45, 7) is 4.62. The topological polar surface area (TPSA) is 65.9 Å². The van der Waals surface area contributed by atoms with Crippen molar-refractivity contribution in [2.45, 2.75) is 13.8 Å². The molecule has 2 aromatic heterocycles. The highest BCUT2D eigenvalue weighted by Gasteiger charge is 2.18. The minimum Gasteiger partial charge on any atom is -0.493 e. The van der Waals surface area contributed by atoms with Crippen molar-refractivity contribution in [3.63, 3.8) is 0 Å². The number of ether oxygens (including phenoxy) is 4. The van der Waals surface area contributed by atoms with Crippen molar-refractivity contribution in [3.05, 3.63) is 78.0 Å². The minimum absolute atomic E-state index is 0.564. The zero-order chi connectivity index (χ0) is 23.4. The Hall–Kier alpha value is -4.00. The van der Waals surface area contributed by atoms with Crippen LogP contribution in [0.5, 0.6) is 23.0 Å². The number of allylic oxidation sites excluding steroid dienone is 1. The van der Waals surface area contributed by atoms with Crippen molar-refractivity contribution in [2.75, 3.05) is 32.8 Å². The van der Waals surface area contributed by atoms with Crippen molar-refractivity contribution in [3.8, 4) is 34.4 Å². The highest BCUT2D eigenvalue weighted by Crippen LogP contribution is 2.41. The van der Waals surface area contributed by atoms with Crippen LogP contribution in [0.3, 0.4) is 0 Å². The number of anilines is 1. The zero-order valence-corrected chi connectivity index (χ0v) is 19.5. The maximum atomic E-state index is 6.26. The summed E-state index contributed by atoms with van der Waals surface area (Å²) in [5, 5.41) is 0. The van der Waals surface area contributed by atoms with Gasteiger partial charge in [0.1, 0.15) is 11.5 Å². The van der Waals surface area contributed by atoms with E-state index in [1.807, 2.05) is 68.6 Å². The molecule has 4 rings (SSSR count). The van der Waals surface area contributed by atoms with Crippen molar-refractivity contribution >= 4 is 5.69 Å². The van der Waals surface area contributed by atoms with Gasteiger partial charge in [0.25, 0.3) is 0 Å². The molecule has 1 aliphatic rings. The number of hydrogen-bond donors (Lipinski definition) is 0. The molecule has 0 aliphatic carbocycles. The van der Waals surface area contributed by atoms with E-state index in [-0.39, 0.29) is 0 Å². The average Bonchev–Trinajstić information content (AvgIpc) is 2.86. The summed E-state index contributed by atoms with van der Waals surface area (Å²) < 4.78 is 22.6. The lowest BCUT2D eigenvalue weighted by atomic mass is 10.1. The maximum absolute atomic E-state index is 6.26. The van der Waals surface area contributed by atoms with Crippen molar-refractivity contribution < 1.29 is 18.9 Å². The molecule has 1 aromatic carbocycles. The molecule has 0 amide bonds.